The molecule has 0 fully saturated rings. The van der Waals surface area contributed by atoms with Gasteiger partial charge in [-0.1, -0.05) is 0 Å². The Balaban J connectivity index is 2.19. The predicted molar refractivity (Wildman–Crippen MR) is 84.8 cm³/mol. The van der Waals surface area contributed by atoms with E-state index in [9.17, 15) is 20.2 Å². The summed E-state index contributed by atoms with van der Waals surface area (Å²) in [5, 5.41) is 21.9. The van der Waals surface area contributed by atoms with Gasteiger partial charge in [-0.3, -0.25) is 31.1 Å². The van der Waals surface area contributed by atoms with E-state index in [-0.39, 0.29) is 23.5 Å². The number of benzene rings is 1. The van der Waals surface area contributed by atoms with Crippen molar-refractivity contribution in [1.29, 1.82) is 0 Å². The van der Waals surface area contributed by atoms with E-state index in [4.69, 9.17) is 4.74 Å². The van der Waals surface area contributed by atoms with Gasteiger partial charge >= 0.3 is 5.69 Å². The molecular formula is C13H14N6O5. The van der Waals surface area contributed by atoms with E-state index in [1.165, 1.54) is 24.3 Å². The maximum absolute atomic E-state index is 11.3. The van der Waals surface area contributed by atoms with Gasteiger partial charge in [0, 0.05) is 12.1 Å². The van der Waals surface area contributed by atoms with Crippen molar-refractivity contribution in [2.75, 3.05) is 10.9 Å². The number of nitro benzene ring substituents is 1. The fourth-order valence-corrected chi connectivity index (χ4v) is 1.73. The molecule has 2 rings (SSSR count). The third-order valence-electron chi connectivity index (χ3n) is 2.72. The summed E-state index contributed by atoms with van der Waals surface area (Å²) in [4.78, 5) is 28.3. The average Bonchev–Trinajstić information content (AvgIpc) is 2.52. The SMILES string of the molecule is CC(C)Oc1ncnc(NNc2ccc([N+](=O)[O-])cc2)c1[N+](=O)[O-]. The molecule has 0 bridgehead atoms. The number of nitrogens with one attached hydrogen (secondary N) is 2. The standard InChI is InChI=1S/C13H14N6O5/c1-8(2)24-13-11(19(22)23)12(14-7-15-13)17-16-9-3-5-10(6-4-9)18(20)21/h3-8,16H,1-2H3,(H,14,15,17). The molecule has 0 radical (unpaired) electrons. The van der Waals surface area contributed by atoms with Gasteiger partial charge in [0.2, 0.25) is 5.82 Å². The summed E-state index contributed by atoms with van der Waals surface area (Å²) in [7, 11) is 0. The van der Waals surface area contributed by atoms with Crippen LogP contribution in [0.1, 0.15) is 13.8 Å². The fourth-order valence-electron chi connectivity index (χ4n) is 1.73. The van der Waals surface area contributed by atoms with Crippen molar-refractivity contribution in [1.82, 2.24) is 9.97 Å². The maximum Gasteiger partial charge on any atom is 0.374 e. The van der Waals surface area contributed by atoms with E-state index in [1.807, 2.05) is 0 Å². The summed E-state index contributed by atoms with van der Waals surface area (Å²) in [6, 6.07) is 5.49. The van der Waals surface area contributed by atoms with Crippen LogP contribution in [-0.2, 0) is 0 Å². The number of hydrazine groups is 1. The van der Waals surface area contributed by atoms with Crippen molar-refractivity contribution in [3.63, 3.8) is 0 Å². The Morgan fingerprint density at radius 3 is 2.25 bits per heavy atom. The molecule has 0 amide bonds. The van der Waals surface area contributed by atoms with E-state index in [0.717, 1.165) is 6.33 Å². The van der Waals surface area contributed by atoms with Crippen LogP contribution in [0.3, 0.4) is 0 Å². The van der Waals surface area contributed by atoms with Crippen molar-refractivity contribution < 1.29 is 14.6 Å². The number of aromatic nitrogens is 2. The molecule has 0 aliphatic rings. The van der Waals surface area contributed by atoms with Crippen LogP contribution in [0.2, 0.25) is 0 Å². The van der Waals surface area contributed by atoms with E-state index >= 15 is 0 Å². The monoisotopic (exact) mass is 334 g/mol. The molecule has 2 N–H and O–H groups in total. The summed E-state index contributed by atoms with van der Waals surface area (Å²) < 4.78 is 5.31. The molecule has 0 atom stereocenters. The lowest BCUT2D eigenvalue weighted by Gasteiger charge is -2.12. The van der Waals surface area contributed by atoms with Crippen LogP contribution in [0.15, 0.2) is 30.6 Å². The lowest BCUT2D eigenvalue weighted by molar-refractivity contribution is -0.385. The number of ether oxygens (including phenoxy) is 1. The number of non-ortho nitro benzene ring substituents is 1. The number of hydrogen-bond donors (Lipinski definition) is 2. The molecule has 2 aromatic rings. The molecule has 1 aromatic carbocycles. The number of rotatable bonds is 7. The molecule has 11 nitrogen and oxygen atoms in total. The first-order valence-electron chi connectivity index (χ1n) is 6.81. The van der Waals surface area contributed by atoms with Gasteiger partial charge in [0.05, 0.1) is 21.6 Å². The normalized spacial score (nSPS) is 10.3. The molecule has 0 aliphatic heterocycles. The maximum atomic E-state index is 11.3. The first-order chi connectivity index (χ1) is 11.4. The van der Waals surface area contributed by atoms with Crippen molar-refractivity contribution >= 4 is 22.9 Å². The predicted octanol–water partition coefficient (Wildman–Crippen LogP) is 2.52. The zero-order valence-electron chi connectivity index (χ0n) is 12.8. The highest BCUT2D eigenvalue weighted by Crippen LogP contribution is 2.31. The first-order valence-corrected chi connectivity index (χ1v) is 6.81. The van der Waals surface area contributed by atoms with Crippen molar-refractivity contribution in [3.8, 4) is 5.88 Å². The molecule has 0 saturated heterocycles. The zero-order chi connectivity index (χ0) is 17.7. The fraction of sp³-hybridized carbons (Fsp3) is 0.231. The van der Waals surface area contributed by atoms with E-state index in [0.29, 0.717) is 5.69 Å². The minimum Gasteiger partial charge on any atom is -0.470 e. The van der Waals surface area contributed by atoms with Gasteiger partial charge in [0.1, 0.15) is 6.33 Å². The Bertz CT molecular complexity index is 749. The highest BCUT2D eigenvalue weighted by Gasteiger charge is 2.25. The van der Waals surface area contributed by atoms with Crippen LogP contribution in [0.5, 0.6) is 5.88 Å². The summed E-state index contributed by atoms with van der Waals surface area (Å²) in [6.07, 6.45) is 0.832. The molecule has 24 heavy (non-hydrogen) atoms. The smallest absolute Gasteiger partial charge is 0.374 e. The molecule has 0 spiro atoms. The highest BCUT2D eigenvalue weighted by atomic mass is 16.6. The second-order valence-electron chi connectivity index (χ2n) is 4.85. The van der Waals surface area contributed by atoms with Crippen molar-refractivity contribution in [3.05, 3.63) is 50.8 Å². The van der Waals surface area contributed by atoms with Crippen LogP contribution < -0.4 is 15.6 Å². The Kier molecular flexibility index (Phi) is 5.04. The van der Waals surface area contributed by atoms with Gasteiger partial charge in [-0.15, -0.1) is 0 Å². The van der Waals surface area contributed by atoms with Gasteiger partial charge in [-0.2, -0.15) is 4.98 Å². The topological polar surface area (TPSA) is 145 Å². The highest BCUT2D eigenvalue weighted by molar-refractivity contribution is 5.64. The van der Waals surface area contributed by atoms with Crippen molar-refractivity contribution in [2.24, 2.45) is 0 Å². The van der Waals surface area contributed by atoms with Gasteiger partial charge < -0.3 is 4.74 Å². The minimum atomic E-state index is -0.655. The average molecular weight is 334 g/mol. The number of hydrogen-bond acceptors (Lipinski definition) is 9. The van der Waals surface area contributed by atoms with Gasteiger partial charge in [0.25, 0.3) is 11.6 Å². The van der Waals surface area contributed by atoms with Crippen LogP contribution in [0.25, 0.3) is 0 Å². The number of nitrogens with zero attached hydrogens (tertiary/aromatic N) is 4. The lowest BCUT2D eigenvalue weighted by Crippen LogP contribution is -2.15. The van der Waals surface area contributed by atoms with Gasteiger partial charge in [-0.05, 0) is 26.0 Å². The zero-order valence-corrected chi connectivity index (χ0v) is 12.8. The number of anilines is 2. The molecular weight excluding hydrogens is 320 g/mol. The Labute approximate surface area is 136 Å². The summed E-state index contributed by atoms with van der Waals surface area (Å²) in [5.74, 6) is -0.248. The molecule has 11 heteroatoms. The summed E-state index contributed by atoms with van der Waals surface area (Å²) in [6.45, 7) is 3.43. The minimum absolute atomic E-state index is 0.0683. The lowest BCUT2D eigenvalue weighted by atomic mass is 10.3. The van der Waals surface area contributed by atoms with Crippen LogP contribution in [0, 0.1) is 20.2 Å². The van der Waals surface area contributed by atoms with E-state index in [2.05, 4.69) is 20.8 Å². The Morgan fingerprint density at radius 2 is 1.71 bits per heavy atom. The Hall–Kier alpha value is -3.50. The van der Waals surface area contributed by atoms with Crippen molar-refractivity contribution in [2.45, 2.75) is 20.0 Å². The van der Waals surface area contributed by atoms with Crippen LogP contribution in [-0.4, -0.2) is 25.9 Å². The van der Waals surface area contributed by atoms with Gasteiger partial charge in [-0.25, -0.2) is 4.98 Å². The van der Waals surface area contributed by atoms with Gasteiger partial charge in [0.15, 0.2) is 0 Å². The molecule has 0 saturated carbocycles. The number of nitro groups is 2. The molecule has 1 aromatic heterocycles. The third kappa shape index (κ3) is 4.03. The quantitative estimate of drug-likeness (QED) is 0.576. The van der Waals surface area contributed by atoms with Crippen LogP contribution in [0.4, 0.5) is 22.9 Å². The second kappa shape index (κ2) is 7.17. The summed E-state index contributed by atoms with van der Waals surface area (Å²) >= 11 is 0. The first kappa shape index (κ1) is 16.9. The molecule has 0 aliphatic carbocycles. The summed E-state index contributed by atoms with van der Waals surface area (Å²) in [5.41, 5.74) is 5.23. The molecule has 126 valence electrons. The third-order valence-corrected chi connectivity index (χ3v) is 2.72. The van der Waals surface area contributed by atoms with Crippen LogP contribution >= 0.6 is 0 Å². The Morgan fingerprint density at radius 1 is 1.04 bits per heavy atom. The van der Waals surface area contributed by atoms with E-state index < -0.39 is 15.5 Å². The van der Waals surface area contributed by atoms with E-state index in [1.54, 1.807) is 13.8 Å². The molecule has 1 heterocycles. The second-order valence-corrected chi connectivity index (χ2v) is 4.85. The largest absolute Gasteiger partial charge is 0.470 e. The molecule has 0 unspecified atom stereocenters.